The number of para-hydroxylation sites is 2. The van der Waals surface area contributed by atoms with Gasteiger partial charge in [0.15, 0.2) is 0 Å². The molecule has 0 unspecified atom stereocenters. The second-order valence-corrected chi connectivity index (χ2v) is 7.38. The van der Waals surface area contributed by atoms with E-state index in [0.29, 0.717) is 29.5 Å². The van der Waals surface area contributed by atoms with Crippen LogP contribution in [0.1, 0.15) is 37.0 Å². The predicted octanol–water partition coefficient (Wildman–Crippen LogP) is 4.01. The highest BCUT2D eigenvalue weighted by atomic mass is 16.5. The minimum Gasteiger partial charge on any atom is -0.492 e. The Balaban J connectivity index is 1.51. The molecule has 3 rings (SSSR count). The highest BCUT2D eigenvalue weighted by molar-refractivity contribution is 5.96. The van der Waals surface area contributed by atoms with Crippen LogP contribution in [-0.4, -0.2) is 43.0 Å². The fourth-order valence-electron chi connectivity index (χ4n) is 3.35. The molecule has 1 aliphatic rings. The van der Waals surface area contributed by atoms with Crippen LogP contribution in [0.3, 0.4) is 0 Å². The maximum absolute atomic E-state index is 12.6. The quantitative estimate of drug-likeness (QED) is 0.743. The summed E-state index contributed by atoms with van der Waals surface area (Å²) in [5.74, 6) is 1.25. The van der Waals surface area contributed by atoms with Gasteiger partial charge < -0.3 is 20.3 Å². The van der Waals surface area contributed by atoms with E-state index in [4.69, 9.17) is 4.74 Å². The number of nitrogens with zero attached hydrogens (tertiary/aromatic N) is 1. The third-order valence-electron chi connectivity index (χ3n) is 5.12. The molecule has 2 aromatic carbocycles. The predicted molar refractivity (Wildman–Crippen MR) is 115 cm³/mol. The molecule has 2 amide bonds. The normalized spacial score (nSPS) is 14.3. The number of benzene rings is 2. The third kappa shape index (κ3) is 5.73. The van der Waals surface area contributed by atoms with E-state index >= 15 is 0 Å². The Hall–Kier alpha value is -3.02. The minimum atomic E-state index is -0.167. The van der Waals surface area contributed by atoms with Crippen molar-refractivity contribution in [2.24, 2.45) is 5.92 Å². The van der Waals surface area contributed by atoms with Gasteiger partial charge in [0.25, 0.3) is 5.91 Å². The molecule has 0 aliphatic carbocycles. The zero-order valence-corrected chi connectivity index (χ0v) is 17.1. The molecule has 1 saturated heterocycles. The molecule has 0 radical (unpaired) electrons. The molecule has 154 valence electrons. The first-order chi connectivity index (χ1) is 14.1. The maximum Gasteiger partial charge on any atom is 0.253 e. The Morgan fingerprint density at radius 2 is 1.76 bits per heavy atom. The Morgan fingerprint density at radius 1 is 1.07 bits per heavy atom. The van der Waals surface area contributed by atoms with Gasteiger partial charge >= 0.3 is 0 Å². The average molecular weight is 396 g/mol. The first-order valence-electron chi connectivity index (χ1n) is 10.2. The average Bonchev–Trinajstić information content (AvgIpc) is 2.74. The summed E-state index contributed by atoms with van der Waals surface area (Å²) in [4.78, 5) is 26.8. The van der Waals surface area contributed by atoms with Crippen molar-refractivity contribution in [1.82, 2.24) is 4.90 Å². The standard InChI is InChI=1S/C23H29N3O3/c1-3-29-21-7-5-4-6-20(21)25-22(27)16-24-19-10-8-18(9-11-19)23(28)26-14-12-17(2)13-15-26/h4-11,17,24H,3,12-16H2,1-2H3,(H,25,27). The smallest absolute Gasteiger partial charge is 0.253 e. The molecular weight excluding hydrogens is 366 g/mol. The van der Waals surface area contributed by atoms with E-state index in [1.165, 1.54) is 0 Å². The Bertz CT molecular complexity index is 828. The molecule has 0 saturated carbocycles. The molecule has 2 aromatic rings. The first kappa shape index (κ1) is 20.7. The largest absolute Gasteiger partial charge is 0.492 e. The number of likely N-dealkylation sites (tertiary alicyclic amines) is 1. The van der Waals surface area contributed by atoms with Gasteiger partial charge in [-0.2, -0.15) is 0 Å². The monoisotopic (exact) mass is 395 g/mol. The lowest BCUT2D eigenvalue weighted by atomic mass is 9.98. The van der Waals surface area contributed by atoms with Crippen molar-refractivity contribution < 1.29 is 14.3 Å². The van der Waals surface area contributed by atoms with Crippen molar-refractivity contribution in [1.29, 1.82) is 0 Å². The van der Waals surface area contributed by atoms with Crippen molar-refractivity contribution in [3.63, 3.8) is 0 Å². The van der Waals surface area contributed by atoms with E-state index in [0.717, 1.165) is 31.6 Å². The molecule has 2 N–H and O–H groups in total. The van der Waals surface area contributed by atoms with Crippen LogP contribution >= 0.6 is 0 Å². The van der Waals surface area contributed by atoms with Gasteiger partial charge in [0.2, 0.25) is 5.91 Å². The van der Waals surface area contributed by atoms with Crippen LogP contribution < -0.4 is 15.4 Å². The number of piperidine rings is 1. The van der Waals surface area contributed by atoms with Gasteiger partial charge in [-0.05, 0) is 62.1 Å². The van der Waals surface area contributed by atoms with E-state index < -0.39 is 0 Å². The van der Waals surface area contributed by atoms with Crippen molar-refractivity contribution in [3.05, 3.63) is 54.1 Å². The number of hydrogen-bond acceptors (Lipinski definition) is 4. The summed E-state index contributed by atoms with van der Waals surface area (Å²) in [6.07, 6.45) is 2.12. The molecule has 1 heterocycles. The number of hydrogen-bond donors (Lipinski definition) is 2. The highest BCUT2D eigenvalue weighted by Crippen LogP contribution is 2.23. The van der Waals surface area contributed by atoms with E-state index in [2.05, 4.69) is 17.6 Å². The summed E-state index contributed by atoms with van der Waals surface area (Å²) in [6, 6.07) is 14.6. The lowest BCUT2D eigenvalue weighted by Crippen LogP contribution is -2.37. The third-order valence-corrected chi connectivity index (χ3v) is 5.12. The van der Waals surface area contributed by atoms with Crippen molar-refractivity contribution in [3.8, 4) is 5.75 Å². The number of carbonyl (C=O) groups excluding carboxylic acids is 2. The second kappa shape index (κ2) is 9.96. The lowest BCUT2D eigenvalue weighted by Gasteiger charge is -2.30. The van der Waals surface area contributed by atoms with Crippen LogP contribution in [0.15, 0.2) is 48.5 Å². The summed E-state index contributed by atoms with van der Waals surface area (Å²) in [5, 5.41) is 5.94. The zero-order valence-electron chi connectivity index (χ0n) is 17.1. The number of rotatable bonds is 7. The van der Waals surface area contributed by atoms with E-state index in [1.807, 2.05) is 60.4 Å². The van der Waals surface area contributed by atoms with Crippen LogP contribution in [0.25, 0.3) is 0 Å². The van der Waals surface area contributed by atoms with Crippen LogP contribution in [-0.2, 0) is 4.79 Å². The summed E-state index contributed by atoms with van der Waals surface area (Å²) >= 11 is 0. The number of anilines is 2. The molecule has 0 bridgehead atoms. The number of amides is 2. The van der Waals surface area contributed by atoms with Crippen molar-refractivity contribution in [2.45, 2.75) is 26.7 Å². The lowest BCUT2D eigenvalue weighted by molar-refractivity contribution is -0.114. The minimum absolute atomic E-state index is 0.0775. The van der Waals surface area contributed by atoms with Crippen LogP contribution in [0.5, 0.6) is 5.75 Å². The molecule has 1 aliphatic heterocycles. The first-order valence-corrected chi connectivity index (χ1v) is 10.2. The topological polar surface area (TPSA) is 70.7 Å². The number of nitrogens with one attached hydrogen (secondary N) is 2. The fourth-order valence-corrected chi connectivity index (χ4v) is 3.35. The summed E-state index contributed by atoms with van der Waals surface area (Å²) in [7, 11) is 0. The van der Waals surface area contributed by atoms with E-state index in [1.54, 1.807) is 0 Å². The molecular formula is C23H29N3O3. The highest BCUT2D eigenvalue weighted by Gasteiger charge is 2.21. The van der Waals surface area contributed by atoms with E-state index in [-0.39, 0.29) is 18.4 Å². The number of ether oxygens (including phenoxy) is 1. The summed E-state index contributed by atoms with van der Waals surface area (Å²) in [5.41, 5.74) is 2.13. The molecule has 0 spiro atoms. The Kier molecular flexibility index (Phi) is 7.11. The van der Waals surface area contributed by atoms with Gasteiger partial charge in [0.1, 0.15) is 5.75 Å². The van der Waals surface area contributed by atoms with Crippen molar-refractivity contribution in [2.75, 3.05) is 36.9 Å². The van der Waals surface area contributed by atoms with Gasteiger partial charge in [-0.1, -0.05) is 19.1 Å². The zero-order chi connectivity index (χ0) is 20.6. The van der Waals surface area contributed by atoms with Crippen LogP contribution in [0.4, 0.5) is 11.4 Å². The maximum atomic E-state index is 12.6. The van der Waals surface area contributed by atoms with Gasteiger partial charge in [0.05, 0.1) is 18.8 Å². The second-order valence-electron chi connectivity index (χ2n) is 7.38. The van der Waals surface area contributed by atoms with Gasteiger partial charge in [-0.3, -0.25) is 9.59 Å². The molecule has 6 heteroatoms. The molecule has 6 nitrogen and oxygen atoms in total. The van der Waals surface area contributed by atoms with Crippen LogP contribution in [0, 0.1) is 5.92 Å². The van der Waals surface area contributed by atoms with Gasteiger partial charge in [0, 0.05) is 24.3 Å². The molecule has 0 aromatic heterocycles. The molecule has 1 fully saturated rings. The van der Waals surface area contributed by atoms with Crippen molar-refractivity contribution >= 4 is 23.2 Å². The summed E-state index contributed by atoms with van der Waals surface area (Å²) < 4.78 is 5.52. The molecule has 29 heavy (non-hydrogen) atoms. The number of carbonyl (C=O) groups is 2. The van der Waals surface area contributed by atoms with Gasteiger partial charge in [-0.25, -0.2) is 0 Å². The fraction of sp³-hybridized carbons (Fsp3) is 0.391. The van der Waals surface area contributed by atoms with Gasteiger partial charge in [-0.15, -0.1) is 0 Å². The van der Waals surface area contributed by atoms with E-state index in [9.17, 15) is 9.59 Å². The van der Waals surface area contributed by atoms with Crippen LogP contribution in [0.2, 0.25) is 0 Å². The Labute approximate surface area is 172 Å². The Morgan fingerprint density at radius 3 is 2.45 bits per heavy atom. The molecule has 0 atom stereocenters. The summed E-state index contributed by atoms with van der Waals surface area (Å²) in [6.45, 7) is 6.44. The SMILES string of the molecule is CCOc1ccccc1NC(=O)CNc1ccc(C(=O)N2CCC(C)CC2)cc1.